The van der Waals surface area contributed by atoms with Gasteiger partial charge in [0.25, 0.3) is 0 Å². The molecule has 0 saturated carbocycles. The van der Waals surface area contributed by atoms with E-state index in [-0.39, 0.29) is 0 Å². The maximum absolute atomic E-state index is 11.1. The second kappa shape index (κ2) is 3.84. The van der Waals surface area contributed by atoms with Crippen LogP contribution in [0.25, 0.3) is 0 Å². The van der Waals surface area contributed by atoms with Crippen LogP contribution in [-0.2, 0) is 13.6 Å². The first-order valence-electron chi connectivity index (χ1n) is 4.95. The highest BCUT2D eigenvalue weighted by Crippen LogP contribution is 2.11. The molecule has 0 saturated heterocycles. The van der Waals surface area contributed by atoms with Crippen molar-refractivity contribution < 1.29 is 9.90 Å². The van der Waals surface area contributed by atoms with Crippen LogP contribution in [0.1, 0.15) is 21.9 Å². The van der Waals surface area contributed by atoms with Crippen LogP contribution in [0.15, 0.2) is 24.7 Å². The fraction of sp³-hybridized carbons (Fsp3) is 0.273. The molecule has 2 aromatic rings. The smallest absolute Gasteiger partial charge is 0.352 e. The van der Waals surface area contributed by atoms with Gasteiger partial charge in [0, 0.05) is 25.6 Å². The molecule has 0 aliphatic rings. The minimum atomic E-state index is -0.906. The molecule has 0 aliphatic carbocycles. The molecule has 0 aliphatic heterocycles. The van der Waals surface area contributed by atoms with Gasteiger partial charge >= 0.3 is 5.97 Å². The molecule has 16 heavy (non-hydrogen) atoms. The van der Waals surface area contributed by atoms with Crippen molar-refractivity contribution >= 4 is 5.97 Å². The predicted molar refractivity (Wildman–Crippen MR) is 58.4 cm³/mol. The molecule has 2 rings (SSSR count). The van der Waals surface area contributed by atoms with Gasteiger partial charge in [0.1, 0.15) is 11.5 Å². The van der Waals surface area contributed by atoms with Gasteiger partial charge in [-0.15, -0.1) is 0 Å². The maximum atomic E-state index is 11.1. The number of hydrogen-bond acceptors (Lipinski definition) is 2. The summed E-state index contributed by atoms with van der Waals surface area (Å²) >= 11 is 0. The molecule has 2 aromatic heterocycles. The number of aromatic carboxylic acids is 1. The third-order valence-corrected chi connectivity index (χ3v) is 2.60. The molecular weight excluding hydrogens is 206 g/mol. The molecule has 5 heteroatoms. The Morgan fingerprint density at radius 1 is 1.50 bits per heavy atom. The molecule has 84 valence electrons. The lowest BCUT2D eigenvalue weighted by atomic mass is 10.3. The number of carboxylic acids is 1. The Morgan fingerprint density at radius 2 is 2.25 bits per heavy atom. The van der Waals surface area contributed by atoms with E-state index in [0.29, 0.717) is 12.2 Å². The Hall–Kier alpha value is -2.04. The van der Waals surface area contributed by atoms with E-state index in [4.69, 9.17) is 5.11 Å². The normalized spacial score (nSPS) is 10.6. The largest absolute Gasteiger partial charge is 0.477 e. The number of nitrogens with zero attached hydrogens (tertiary/aromatic N) is 3. The SMILES string of the molecule is Cc1ccn(Cc2nccn2C)c1C(=O)O. The predicted octanol–water partition coefficient (Wildman–Crippen LogP) is 1.28. The van der Waals surface area contributed by atoms with Crippen molar-refractivity contribution in [1.82, 2.24) is 14.1 Å². The van der Waals surface area contributed by atoms with E-state index in [1.165, 1.54) is 0 Å². The van der Waals surface area contributed by atoms with E-state index in [1.54, 1.807) is 30.0 Å². The van der Waals surface area contributed by atoms with Crippen LogP contribution in [0.4, 0.5) is 0 Å². The van der Waals surface area contributed by atoms with Gasteiger partial charge < -0.3 is 14.2 Å². The van der Waals surface area contributed by atoms with Crippen LogP contribution in [0.2, 0.25) is 0 Å². The van der Waals surface area contributed by atoms with E-state index in [2.05, 4.69) is 4.98 Å². The number of carbonyl (C=O) groups is 1. The fourth-order valence-corrected chi connectivity index (χ4v) is 1.71. The van der Waals surface area contributed by atoms with Gasteiger partial charge in [-0.2, -0.15) is 0 Å². The molecule has 0 atom stereocenters. The van der Waals surface area contributed by atoms with Crippen molar-refractivity contribution in [3.05, 3.63) is 41.7 Å². The molecule has 0 spiro atoms. The van der Waals surface area contributed by atoms with Crippen LogP contribution in [-0.4, -0.2) is 25.2 Å². The van der Waals surface area contributed by atoms with Gasteiger partial charge in [0.05, 0.1) is 6.54 Å². The number of aromatic nitrogens is 3. The van der Waals surface area contributed by atoms with Gasteiger partial charge in [-0.05, 0) is 18.6 Å². The minimum Gasteiger partial charge on any atom is -0.477 e. The van der Waals surface area contributed by atoms with Crippen molar-refractivity contribution in [2.75, 3.05) is 0 Å². The topological polar surface area (TPSA) is 60.0 Å². The van der Waals surface area contributed by atoms with Crippen molar-refractivity contribution in [3.8, 4) is 0 Å². The fourth-order valence-electron chi connectivity index (χ4n) is 1.71. The lowest BCUT2D eigenvalue weighted by molar-refractivity contribution is 0.0684. The molecule has 0 amide bonds. The number of imidazole rings is 1. The zero-order chi connectivity index (χ0) is 11.7. The summed E-state index contributed by atoms with van der Waals surface area (Å²) in [7, 11) is 1.89. The first-order valence-corrected chi connectivity index (χ1v) is 4.95. The number of hydrogen-bond donors (Lipinski definition) is 1. The summed E-state index contributed by atoms with van der Waals surface area (Å²) in [5.74, 6) is -0.0743. The highest BCUT2D eigenvalue weighted by Gasteiger charge is 2.14. The van der Waals surface area contributed by atoms with Gasteiger partial charge in [-0.3, -0.25) is 0 Å². The van der Waals surface area contributed by atoms with E-state index in [9.17, 15) is 4.79 Å². The highest BCUT2D eigenvalue weighted by molar-refractivity contribution is 5.87. The summed E-state index contributed by atoms with van der Waals surface area (Å²) in [6.07, 6.45) is 5.31. The third-order valence-electron chi connectivity index (χ3n) is 2.60. The summed E-state index contributed by atoms with van der Waals surface area (Å²) in [6.45, 7) is 2.26. The zero-order valence-electron chi connectivity index (χ0n) is 9.21. The second-order valence-corrected chi connectivity index (χ2v) is 3.73. The quantitative estimate of drug-likeness (QED) is 0.845. The summed E-state index contributed by atoms with van der Waals surface area (Å²) in [4.78, 5) is 15.2. The monoisotopic (exact) mass is 219 g/mol. The Labute approximate surface area is 93.0 Å². The minimum absolute atomic E-state index is 0.322. The first kappa shape index (κ1) is 10.5. The van der Waals surface area contributed by atoms with E-state index in [1.807, 2.05) is 17.8 Å². The molecule has 2 heterocycles. The van der Waals surface area contributed by atoms with Crippen LogP contribution in [0, 0.1) is 6.92 Å². The highest BCUT2D eigenvalue weighted by atomic mass is 16.4. The van der Waals surface area contributed by atoms with Gasteiger partial charge in [-0.1, -0.05) is 0 Å². The Bertz CT molecular complexity index is 525. The van der Waals surface area contributed by atoms with Crippen LogP contribution >= 0.6 is 0 Å². The third kappa shape index (κ3) is 1.71. The number of rotatable bonds is 3. The standard InChI is InChI=1S/C11H13N3O2/c1-8-3-5-14(10(8)11(15)16)7-9-12-4-6-13(9)2/h3-6H,7H2,1-2H3,(H,15,16). The summed E-state index contributed by atoms with van der Waals surface area (Å²) < 4.78 is 3.57. The lowest BCUT2D eigenvalue weighted by Crippen LogP contribution is -2.12. The molecule has 0 radical (unpaired) electrons. The first-order chi connectivity index (χ1) is 7.59. The van der Waals surface area contributed by atoms with E-state index in [0.717, 1.165) is 11.4 Å². The van der Waals surface area contributed by atoms with Crippen molar-refractivity contribution in [2.24, 2.45) is 7.05 Å². The Balaban J connectivity index is 2.35. The maximum Gasteiger partial charge on any atom is 0.352 e. The number of carboxylic acid groups (broad SMARTS) is 1. The zero-order valence-corrected chi connectivity index (χ0v) is 9.21. The van der Waals surface area contributed by atoms with E-state index < -0.39 is 5.97 Å². The van der Waals surface area contributed by atoms with Gasteiger partial charge in [-0.25, -0.2) is 9.78 Å². The molecule has 0 unspecified atom stereocenters. The lowest BCUT2D eigenvalue weighted by Gasteiger charge is -2.06. The summed E-state index contributed by atoms with van der Waals surface area (Å²) in [6, 6.07) is 1.80. The van der Waals surface area contributed by atoms with Crippen LogP contribution in [0.5, 0.6) is 0 Å². The second-order valence-electron chi connectivity index (χ2n) is 3.73. The van der Waals surface area contributed by atoms with E-state index >= 15 is 0 Å². The van der Waals surface area contributed by atoms with Crippen LogP contribution in [0.3, 0.4) is 0 Å². The number of aryl methyl sites for hydroxylation is 2. The Morgan fingerprint density at radius 3 is 2.81 bits per heavy atom. The van der Waals surface area contributed by atoms with Crippen molar-refractivity contribution in [3.63, 3.8) is 0 Å². The van der Waals surface area contributed by atoms with Gasteiger partial charge in [0.15, 0.2) is 0 Å². The Kier molecular flexibility index (Phi) is 2.52. The molecular formula is C11H13N3O2. The average molecular weight is 219 g/mol. The van der Waals surface area contributed by atoms with Crippen molar-refractivity contribution in [2.45, 2.75) is 13.5 Å². The van der Waals surface area contributed by atoms with Gasteiger partial charge in [0.2, 0.25) is 0 Å². The molecule has 0 bridgehead atoms. The average Bonchev–Trinajstić information content (AvgIpc) is 2.75. The molecule has 1 N–H and O–H groups in total. The van der Waals surface area contributed by atoms with Crippen LogP contribution < -0.4 is 0 Å². The summed E-state index contributed by atoms with van der Waals surface area (Å²) in [5.41, 5.74) is 1.09. The summed E-state index contributed by atoms with van der Waals surface area (Å²) in [5, 5.41) is 9.09. The molecule has 0 fully saturated rings. The molecule has 0 aromatic carbocycles. The van der Waals surface area contributed by atoms with Crippen molar-refractivity contribution in [1.29, 1.82) is 0 Å². The molecule has 5 nitrogen and oxygen atoms in total.